The van der Waals surface area contributed by atoms with E-state index in [0.717, 1.165) is 69.6 Å². The predicted octanol–water partition coefficient (Wildman–Crippen LogP) is 7.44. The van der Waals surface area contributed by atoms with Gasteiger partial charge in [0.05, 0.1) is 22.8 Å². The van der Waals surface area contributed by atoms with Gasteiger partial charge >= 0.3 is 12.0 Å². The Morgan fingerprint density at radius 2 is 1.86 bits per heavy atom. The second-order valence-electron chi connectivity index (χ2n) is 15.3. The Labute approximate surface area is 347 Å². The first-order valence-electron chi connectivity index (χ1n) is 19.2. The smallest absolute Gasteiger partial charge is 0.338 e. The van der Waals surface area contributed by atoms with Crippen LogP contribution in [0.4, 0.5) is 11.5 Å². The molecular formula is C43H47ClIN7O4. The zero-order chi connectivity index (χ0) is 39.4. The second-order valence-corrected chi connectivity index (χ2v) is 16.9. The zero-order valence-corrected chi connectivity index (χ0v) is 34.8. The zero-order valence-electron chi connectivity index (χ0n) is 31.9. The third-order valence-electron chi connectivity index (χ3n) is 11.1. The maximum absolute atomic E-state index is 12.9. The Hall–Kier alpha value is -4.45. The molecule has 0 N–H and O–H groups in total. The van der Waals surface area contributed by atoms with Crippen molar-refractivity contribution in [3.05, 3.63) is 110 Å². The summed E-state index contributed by atoms with van der Waals surface area (Å²) in [6.07, 6.45) is 4.74. The van der Waals surface area contributed by atoms with Crippen LogP contribution >= 0.6 is 34.2 Å². The van der Waals surface area contributed by atoms with E-state index >= 15 is 0 Å². The maximum atomic E-state index is 12.9. The molecule has 2 fully saturated rings. The van der Waals surface area contributed by atoms with E-state index in [1.165, 1.54) is 6.08 Å². The number of hydrogen-bond acceptors (Lipinski definition) is 9. The summed E-state index contributed by atoms with van der Waals surface area (Å²) >= 11 is 8.97. The predicted molar refractivity (Wildman–Crippen MR) is 228 cm³/mol. The molecule has 2 saturated heterocycles. The van der Waals surface area contributed by atoms with Crippen molar-refractivity contribution < 1.29 is 19.1 Å². The molecule has 4 aromatic rings. The number of rotatable bonds is 12. The summed E-state index contributed by atoms with van der Waals surface area (Å²) < 4.78 is 13.5. The van der Waals surface area contributed by atoms with Gasteiger partial charge in [0, 0.05) is 59.0 Å². The number of esters is 1. The summed E-state index contributed by atoms with van der Waals surface area (Å²) in [5.74, 6) is 0.331. The summed E-state index contributed by atoms with van der Waals surface area (Å²) in [5, 5.41) is 2.81. The molecule has 7 rings (SSSR count). The first-order chi connectivity index (χ1) is 27.0. The highest BCUT2D eigenvalue weighted by atomic mass is 131. The van der Waals surface area contributed by atoms with E-state index in [1.807, 2.05) is 44.2 Å². The second kappa shape index (κ2) is 17.4. The van der Waals surface area contributed by atoms with Gasteiger partial charge in [0.1, 0.15) is 24.1 Å². The van der Waals surface area contributed by atoms with E-state index in [4.69, 9.17) is 37.6 Å². The SMILES string of the molecule is [C-]#[N+]C[C@H]1CN(c2nc(OC[C@@H]3CCCN3CCC(C)(C)OC(=O)c3cccc([131I])c3)nc3c2CCN(c2cccc4cccc(Cl)c24)C3)CCN1C(=O)C=C. The molecule has 56 heavy (non-hydrogen) atoms. The van der Waals surface area contributed by atoms with Crippen molar-refractivity contribution in [1.82, 2.24) is 19.8 Å². The van der Waals surface area contributed by atoms with E-state index in [-0.39, 0.29) is 30.5 Å². The molecule has 0 aliphatic carbocycles. The number of anilines is 2. The van der Waals surface area contributed by atoms with Crippen molar-refractivity contribution in [3.8, 4) is 6.01 Å². The fourth-order valence-corrected chi connectivity index (χ4v) is 8.94. The van der Waals surface area contributed by atoms with Crippen molar-refractivity contribution in [2.75, 3.05) is 62.2 Å². The van der Waals surface area contributed by atoms with Crippen LogP contribution in [0.15, 0.2) is 73.3 Å². The molecule has 0 saturated carbocycles. The Morgan fingerprint density at radius 1 is 1.05 bits per heavy atom. The number of fused-ring (bicyclic) bond motifs is 2. The van der Waals surface area contributed by atoms with Gasteiger partial charge in [-0.25, -0.2) is 11.4 Å². The Kier molecular flexibility index (Phi) is 12.3. The number of likely N-dealkylation sites (tertiary alicyclic amines) is 1. The average molecular weight is 892 g/mol. The largest absolute Gasteiger partial charge is 0.462 e. The van der Waals surface area contributed by atoms with Gasteiger partial charge in [-0.05, 0) is 110 Å². The average Bonchev–Trinajstić information content (AvgIpc) is 3.66. The van der Waals surface area contributed by atoms with Crippen LogP contribution < -0.4 is 14.5 Å². The van der Waals surface area contributed by atoms with Gasteiger partial charge in [0.15, 0.2) is 0 Å². The first kappa shape index (κ1) is 39.8. The van der Waals surface area contributed by atoms with Gasteiger partial charge < -0.3 is 29.0 Å². The number of halogens is 2. The highest BCUT2D eigenvalue weighted by Crippen LogP contribution is 2.37. The summed E-state index contributed by atoms with van der Waals surface area (Å²) in [6.45, 7) is 20.4. The lowest BCUT2D eigenvalue weighted by Gasteiger charge is -2.41. The maximum Gasteiger partial charge on any atom is 0.338 e. The summed E-state index contributed by atoms with van der Waals surface area (Å²) in [7, 11) is 0. The van der Waals surface area contributed by atoms with Crippen molar-refractivity contribution >= 4 is 68.3 Å². The van der Waals surface area contributed by atoms with E-state index in [9.17, 15) is 9.59 Å². The van der Waals surface area contributed by atoms with Crippen LogP contribution in [-0.2, 0) is 22.5 Å². The molecule has 13 heteroatoms. The standard InChI is InChI=1S/C43H47ClIN7O4/c1-5-38(53)52-23-22-51(26-33(52)25-46-4)40-34-17-20-50(37-16-8-11-29-10-7-15-35(44)39(29)37)27-36(34)47-42(48-40)55-28-32-14-9-19-49(32)21-18-43(2,3)56-41(54)30-12-6-13-31(45)24-30/h5-8,10-13,15-16,24,32-33H,1,9,14,17-23,25-28H2,2-3H3/t32-,33-/m0/s1/i45+4. The van der Waals surface area contributed by atoms with Crippen LogP contribution in [0.1, 0.15) is 54.7 Å². The van der Waals surface area contributed by atoms with Gasteiger partial charge in [0.2, 0.25) is 12.5 Å². The number of piperazine rings is 1. The fraction of sp³-hybridized carbons (Fsp3) is 0.419. The van der Waals surface area contributed by atoms with Crippen LogP contribution in [0.3, 0.4) is 0 Å². The molecule has 0 spiro atoms. The summed E-state index contributed by atoms with van der Waals surface area (Å²) in [4.78, 5) is 48.1. The number of amides is 1. The lowest BCUT2D eigenvalue weighted by atomic mass is 10.0. The van der Waals surface area contributed by atoms with Crippen molar-refractivity contribution in [2.45, 2.75) is 63.8 Å². The third kappa shape index (κ3) is 8.90. The number of carbonyl (C=O) groups is 2. The fourth-order valence-electron chi connectivity index (χ4n) is 8.11. The lowest BCUT2D eigenvalue weighted by Crippen LogP contribution is -2.56. The number of benzene rings is 3. The molecule has 0 radical (unpaired) electrons. The topological polar surface area (TPSA) is 95.7 Å². The molecule has 1 aromatic heterocycles. The van der Waals surface area contributed by atoms with E-state index in [0.29, 0.717) is 62.2 Å². The van der Waals surface area contributed by atoms with Gasteiger partial charge in [-0.3, -0.25) is 9.69 Å². The molecule has 3 aliphatic rings. The summed E-state index contributed by atoms with van der Waals surface area (Å²) in [5.41, 5.74) is 2.93. The monoisotopic (exact) mass is 891 g/mol. The minimum atomic E-state index is -0.644. The van der Waals surface area contributed by atoms with Crippen molar-refractivity contribution in [2.24, 2.45) is 0 Å². The normalized spacial score (nSPS) is 18.7. The molecular weight excluding hydrogens is 845 g/mol. The molecule has 292 valence electrons. The van der Waals surface area contributed by atoms with Crippen LogP contribution in [0.25, 0.3) is 15.6 Å². The number of carbonyl (C=O) groups excluding carboxylic acids is 2. The molecule has 1 amide bonds. The molecule has 11 nitrogen and oxygen atoms in total. The number of hydrogen-bond donors (Lipinski definition) is 0. The Morgan fingerprint density at radius 3 is 2.64 bits per heavy atom. The van der Waals surface area contributed by atoms with Crippen LogP contribution in [-0.4, -0.2) is 102 Å². The lowest BCUT2D eigenvalue weighted by molar-refractivity contribution is -0.128. The number of ether oxygens (including phenoxy) is 2. The van der Waals surface area contributed by atoms with E-state index in [2.05, 4.69) is 73.0 Å². The van der Waals surface area contributed by atoms with E-state index in [1.54, 1.807) is 11.0 Å². The minimum absolute atomic E-state index is 0.158. The van der Waals surface area contributed by atoms with Gasteiger partial charge in [0.25, 0.3) is 0 Å². The Balaban J connectivity index is 1.10. The van der Waals surface area contributed by atoms with Crippen molar-refractivity contribution in [1.29, 1.82) is 0 Å². The van der Waals surface area contributed by atoms with Crippen LogP contribution in [0.2, 0.25) is 5.02 Å². The first-order valence-corrected chi connectivity index (χ1v) is 20.7. The molecule has 2 atom stereocenters. The van der Waals surface area contributed by atoms with E-state index < -0.39 is 5.60 Å². The van der Waals surface area contributed by atoms with Crippen molar-refractivity contribution in [3.63, 3.8) is 0 Å². The third-order valence-corrected chi connectivity index (χ3v) is 12.1. The Bertz CT molecular complexity index is 2150. The molecule has 4 heterocycles. The van der Waals surface area contributed by atoms with Gasteiger partial charge in [-0.15, -0.1) is 0 Å². The number of aromatic nitrogens is 2. The molecule has 0 unspecified atom stereocenters. The highest BCUT2D eigenvalue weighted by molar-refractivity contribution is 14.1. The van der Waals surface area contributed by atoms with Gasteiger partial charge in [-0.1, -0.05) is 48.5 Å². The van der Waals surface area contributed by atoms with Crippen LogP contribution in [0, 0.1) is 10.1 Å². The van der Waals surface area contributed by atoms with Crippen LogP contribution in [0.5, 0.6) is 6.01 Å². The number of nitrogens with zero attached hydrogens (tertiary/aromatic N) is 7. The minimum Gasteiger partial charge on any atom is -0.462 e. The highest BCUT2D eigenvalue weighted by Gasteiger charge is 2.36. The summed E-state index contributed by atoms with van der Waals surface area (Å²) in [6, 6.07) is 19.9. The van der Waals surface area contributed by atoms with Gasteiger partial charge in [-0.2, -0.15) is 9.97 Å². The quantitative estimate of drug-likeness (QED) is 0.0623. The molecule has 3 aliphatic heterocycles. The molecule has 0 bridgehead atoms. The molecule has 3 aromatic carbocycles.